The Kier molecular flexibility index (Phi) is 5.87. The average molecular weight is 341 g/mol. The van der Waals surface area contributed by atoms with Crippen LogP contribution in [0.5, 0.6) is 5.75 Å². The van der Waals surface area contributed by atoms with E-state index in [1.54, 1.807) is 7.11 Å². The van der Waals surface area contributed by atoms with Crippen LogP contribution in [0.2, 0.25) is 0 Å². The fraction of sp³-hybridized carbons (Fsp3) is 0.625. The van der Waals surface area contributed by atoms with Crippen LogP contribution in [0.3, 0.4) is 0 Å². The zero-order chi connectivity index (χ0) is 14.5. The van der Waals surface area contributed by atoms with Crippen LogP contribution in [0.1, 0.15) is 19.4 Å². The number of ether oxygens (including phenoxy) is 1. The Labute approximate surface area is 131 Å². The quantitative estimate of drug-likeness (QED) is 0.819. The highest BCUT2D eigenvalue weighted by molar-refractivity contribution is 9.10. The van der Waals surface area contributed by atoms with Gasteiger partial charge in [0.15, 0.2) is 0 Å². The standard InChI is InChI=1S/C16H25BrN2O/c1-13(2)19-10-8-18(9-11-19)7-6-14-12-15(20-3)4-5-16(14)17/h4-5,12-13H,6-11H2,1-3H3. The van der Waals surface area contributed by atoms with E-state index in [9.17, 15) is 0 Å². The van der Waals surface area contributed by atoms with E-state index in [1.807, 2.05) is 6.07 Å². The second-order valence-electron chi connectivity index (χ2n) is 5.68. The van der Waals surface area contributed by atoms with Gasteiger partial charge in [-0.25, -0.2) is 0 Å². The van der Waals surface area contributed by atoms with Crippen LogP contribution in [0.4, 0.5) is 0 Å². The minimum absolute atomic E-state index is 0.671. The maximum Gasteiger partial charge on any atom is 0.119 e. The van der Waals surface area contributed by atoms with E-state index in [4.69, 9.17) is 4.74 Å². The maximum absolute atomic E-state index is 5.30. The van der Waals surface area contributed by atoms with E-state index in [0.29, 0.717) is 6.04 Å². The van der Waals surface area contributed by atoms with E-state index < -0.39 is 0 Å². The molecule has 0 spiro atoms. The predicted molar refractivity (Wildman–Crippen MR) is 87.5 cm³/mol. The van der Waals surface area contributed by atoms with Gasteiger partial charge in [-0.15, -0.1) is 0 Å². The third-order valence-corrected chi connectivity index (χ3v) is 4.86. The van der Waals surface area contributed by atoms with Crippen molar-refractivity contribution in [1.29, 1.82) is 0 Å². The molecule has 1 saturated heterocycles. The normalized spacial score (nSPS) is 17.6. The average Bonchev–Trinajstić information content (AvgIpc) is 2.47. The Morgan fingerprint density at radius 1 is 1.20 bits per heavy atom. The van der Waals surface area contributed by atoms with Gasteiger partial charge < -0.3 is 9.64 Å². The van der Waals surface area contributed by atoms with Crippen molar-refractivity contribution in [3.8, 4) is 5.75 Å². The zero-order valence-electron chi connectivity index (χ0n) is 12.7. The lowest BCUT2D eigenvalue weighted by molar-refractivity contribution is 0.109. The molecule has 112 valence electrons. The van der Waals surface area contributed by atoms with E-state index in [-0.39, 0.29) is 0 Å². The molecule has 1 aromatic carbocycles. The first-order valence-corrected chi connectivity index (χ1v) is 8.18. The van der Waals surface area contributed by atoms with Crippen molar-refractivity contribution in [2.45, 2.75) is 26.3 Å². The summed E-state index contributed by atoms with van der Waals surface area (Å²) in [6.45, 7) is 10.4. The van der Waals surface area contributed by atoms with Crippen molar-refractivity contribution in [2.75, 3.05) is 39.8 Å². The number of methoxy groups -OCH3 is 1. The van der Waals surface area contributed by atoms with Crippen LogP contribution in [0.15, 0.2) is 22.7 Å². The van der Waals surface area contributed by atoms with E-state index in [2.05, 4.69) is 51.7 Å². The van der Waals surface area contributed by atoms with Crippen molar-refractivity contribution in [1.82, 2.24) is 9.80 Å². The number of piperazine rings is 1. The third-order valence-electron chi connectivity index (χ3n) is 4.09. The Balaban J connectivity index is 1.84. The lowest BCUT2D eigenvalue weighted by Crippen LogP contribution is -2.49. The van der Waals surface area contributed by atoms with Crippen LogP contribution >= 0.6 is 15.9 Å². The lowest BCUT2D eigenvalue weighted by Gasteiger charge is -2.37. The molecule has 0 radical (unpaired) electrons. The van der Waals surface area contributed by atoms with Crippen LogP contribution in [0.25, 0.3) is 0 Å². The number of halogens is 1. The molecule has 0 bridgehead atoms. The van der Waals surface area contributed by atoms with Gasteiger partial charge in [-0.3, -0.25) is 4.90 Å². The van der Waals surface area contributed by atoms with Gasteiger partial charge >= 0.3 is 0 Å². The highest BCUT2D eigenvalue weighted by Crippen LogP contribution is 2.23. The fourth-order valence-electron chi connectivity index (χ4n) is 2.65. The minimum Gasteiger partial charge on any atom is -0.497 e. The topological polar surface area (TPSA) is 15.7 Å². The van der Waals surface area contributed by atoms with Gasteiger partial charge in [0.2, 0.25) is 0 Å². The van der Waals surface area contributed by atoms with Crippen LogP contribution in [0, 0.1) is 0 Å². The summed E-state index contributed by atoms with van der Waals surface area (Å²) >= 11 is 3.63. The molecular weight excluding hydrogens is 316 g/mol. The minimum atomic E-state index is 0.671. The highest BCUT2D eigenvalue weighted by atomic mass is 79.9. The Morgan fingerprint density at radius 3 is 2.50 bits per heavy atom. The van der Waals surface area contributed by atoms with Crippen molar-refractivity contribution >= 4 is 15.9 Å². The Hall–Kier alpha value is -0.580. The van der Waals surface area contributed by atoms with Gasteiger partial charge in [0, 0.05) is 43.2 Å². The van der Waals surface area contributed by atoms with E-state index in [1.165, 1.54) is 36.2 Å². The molecular formula is C16H25BrN2O. The number of hydrogen-bond donors (Lipinski definition) is 0. The molecule has 2 rings (SSSR count). The van der Waals surface area contributed by atoms with Gasteiger partial charge in [-0.1, -0.05) is 15.9 Å². The maximum atomic E-state index is 5.30. The number of rotatable bonds is 5. The summed E-state index contributed by atoms with van der Waals surface area (Å²) in [4.78, 5) is 5.11. The highest BCUT2D eigenvalue weighted by Gasteiger charge is 2.18. The van der Waals surface area contributed by atoms with Gasteiger partial charge in [0.25, 0.3) is 0 Å². The van der Waals surface area contributed by atoms with Gasteiger partial charge in [-0.05, 0) is 44.0 Å². The van der Waals surface area contributed by atoms with Crippen molar-refractivity contribution in [3.05, 3.63) is 28.2 Å². The second kappa shape index (κ2) is 7.43. The van der Waals surface area contributed by atoms with Crippen LogP contribution < -0.4 is 4.74 Å². The summed E-state index contributed by atoms with van der Waals surface area (Å²) in [5.41, 5.74) is 1.33. The molecule has 1 fully saturated rings. The van der Waals surface area contributed by atoms with Gasteiger partial charge in [0.05, 0.1) is 7.11 Å². The first-order valence-electron chi connectivity index (χ1n) is 7.39. The van der Waals surface area contributed by atoms with Crippen molar-refractivity contribution < 1.29 is 4.74 Å². The largest absolute Gasteiger partial charge is 0.497 e. The summed E-state index contributed by atoms with van der Waals surface area (Å²) in [5.74, 6) is 0.938. The number of nitrogens with zero attached hydrogens (tertiary/aromatic N) is 2. The molecule has 0 atom stereocenters. The molecule has 0 aromatic heterocycles. The lowest BCUT2D eigenvalue weighted by atomic mass is 10.1. The SMILES string of the molecule is COc1ccc(Br)c(CCN2CCN(C(C)C)CC2)c1. The van der Waals surface area contributed by atoms with Crippen molar-refractivity contribution in [3.63, 3.8) is 0 Å². The number of hydrogen-bond acceptors (Lipinski definition) is 3. The molecule has 0 saturated carbocycles. The monoisotopic (exact) mass is 340 g/mol. The fourth-order valence-corrected chi connectivity index (χ4v) is 3.10. The first-order chi connectivity index (χ1) is 9.60. The summed E-state index contributed by atoms with van der Waals surface area (Å²) < 4.78 is 6.48. The zero-order valence-corrected chi connectivity index (χ0v) is 14.3. The van der Waals surface area contributed by atoms with Gasteiger partial charge in [0.1, 0.15) is 5.75 Å². The van der Waals surface area contributed by atoms with Gasteiger partial charge in [-0.2, -0.15) is 0 Å². The Bertz CT molecular complexity index is 428. The van der Waals surface area contributed by atoms with Crippen LogP contribution in [-0.2, 0) is 6.42 Å². The molecule has 4 heteroatoms. The molecule has 1 aliphatic heterocycles. The smallest absolute Gasteiger partial charge is 0.119 e. The van der Waals surface area contributed by atoms with Crippen molar-refractivity contribution in [2.24, 2.45) is 0 Å². The second-order valence-corrected chi connectivity index (χ2v) is 6.53. The number of benzene rings is 1. The molecule has 1 aliphatic rings. The first kappa shape index (κ1) is 15.8. The molecule has 1 aromatic rings. The summed E-state index contributed by atoms with van der Waals surface area (Å²) in [5, 5.41) is 0. The molecule has 20 heavy (non-hydrogen) atoms. The summed E-state index contributed by atoms with van der Waals surface area (Å²) in [7, 11) is 1.72. The predicted octanol–water partition coefficient (Wildman–Crippen LogP) is 3.03. The molecule has 3 nitrogen and oxygen atoms in total. The van der Waals surface area contributed by atoms with Crippen LogP contribution in [-0.4, -0.2) is 55.7 Å². The third kappa shape index (κ3) is 4.21. The summed E-state index contributed by atoms with van der Waals surface area (Å²) in [6, 6.07) is 6.87. The summed E-state index contributed by atoms with van der Waals surface area (Å²) in [6.07, 6.45) is 1.07. The molecule has 0 aliphatic carbocycles. The van der Waals surface area contributed by atoms with E-state index in [0.717, 1.165) is 18.7 Å². The molecule has 0 amide bonds. The molecule has 0 unspecified atom stereocenters. The Morgan fingerprint density at radius 2 is 1.90 bits per heavy atom. The molecule has 1 heterocycles. The van der Waals surface area contributed by atoms with E-state index >= 15 is 0 Å². The molecule has 0 N–H and O–H groups in total.